The number of hydrogen-bond donors (Lipinski definition) is 2. The Balaban J connectivity index is 2.16. The number of aromatic amines is 1. The van der Waals surface area contributed by atoms with Gasteiger partial charge in [0, 0.05) is 28.8 Å². The van der Waals surface area contributed by atoms with E-state index in [1.165, 1.54) is 10.9 Å². The summed E-state index contributed by atoms with van der Waals surface area (Å²) in [6.07, 6.45) is 6.22. The largest absolute Gasteiger partial charge is 0.379 e. The first-order chi connectivity index (χ1) is 7.83. The van der Waals surface area contributed by atoms with Gasteiger partial charge in [0.1, 0.15) is 0 Å². The SMILES string of the molecule is C=C[C@@H](CCC)Nc1ccc2[nH]ccc2c1. The first-order valence-electron chi connectivity index (χ1n) is 5.79. The van der Waals surface area contributed by atoms with E-state index in [0.717, 1.165) is 18.5 Å². The maximum atomic E-state index is 3.86. The molecule has 0 saturated carbocycles. The number of benzene rings is 1. The van der Waals surface area contributed by atoms with E-state index in [1.807, 2.05) is 12.3 Å². The van der Waals surface area contributed by atoms with Crippen molar-refractivity contribution in [2.75, 3.05) is 5.32 Å². The zero-order valence-corrected chi connectivity index (χ0v) is 9.66. The molecule has 0 radical (unpaired) electrons. The Hall–Kier alpha value is -1.70. The van der Waals surface area contributed by atoms with Crippen LogP contribution in [0.25, 0.3) is 10.9 Å². The first kappa shape index (κ1) is 10.8. The van der Waals surface area contributed by atoms with E-state index in [2.05, 4.69) is 48.1 Å². The Morgan fingerprint density at radius 1 is 1.44 bits per heavy atom. The topological polar surface area (TPSA) is 27.8 Å². The predicted octanol–water partition coefficient (Wildman–Crippen LogP) is 3.93. The fourth-order valence-corrected chi connectivity index (χ4v) is 1.92. The third-order valence-electron chi connectivity index (χ3n) is 2.79. The monoisotopic (exact) mass is 214 g/mol. The molecule has 1 heterocycles. The highest BCUT2D eigenvalue weighted by molar-refractivity contribution is 5.83. The molecule has 2 aromatic rings. The Morgan fingerprint density at radius 3 is 3.06 bits per heavy atom. The van der Waals surface area contributed by atoms with Crippen molar-refractivity contribution < 1.29 is 0 Å². The second-order valence-corrected chi connectivity index (χ2v) is 4.05. The number of rotatable bonds is 5. The lowest BCUT2D eigenvalue weighted by Gasteiger charge is -2.15. The van der Waals surface area contributed by atoms with Gasteiger partial charge < -0.3 is 10.3 Å². The van der Waals surface area contributed by atoms with E-state index in [1.54, 1.807) is 0 Å². The third-order valence-corrected chi connectivity index (χ3v) is 2.79. The summed E-state index contributed by atoms with van der Waals surface area (Å²) in [5.41, 5.74) is 2.33. The molecule has 2 rings (SSSR count). The normalized spacial score (nSPS) is 12.6. The van der Waals surface area contributed by atoms with E-state index in [0.29, 0.717) is 6.04 Å². The number of nitrogens with one attached hydrogen (secondary N) is 2. The van der Waals surface area contributed by atoms with Crippen LogP contribution < -0.4 is 5.32 Å². The van der Waals surface area contributed by atoms with E-state index >= 15 is 0 Å². The molecule has 0 unspecified atom stereocenters. The van der Waals surface area contributed by atoms with Gasteiger partial charge in [-0.1, -0.05) is 19.4 Å². The maximum absolute atomic E-state index is 3.86. The second kappa shape index (κ2) is 4.88. The lowest BCUT2D eigenvalue weighted by atomic mass is 10.1. The molecule has 0 fully saturated rings. The van der Waals surface area contributed by atoms with Crippen LogP contribution in [0.4, 0.5) is 5.69 Å². The van der Waals surface area contributed by atoms with Crippen molar-refractivity contribution in [2.24, 2.45) is 0 Å². The number of hydrogen-bond acceptors (Lipinski definition) is 1. The lowest BCUT2D eigenvalue weighted by Crippen LogP contribution is -2.15. The molecule has 0 saturated heterocycles. The fraction of sp³-hybridized carbons (Fsp3) is 0.286. The van der Waals surface area contributed by atoms with Crippen molar-refractivity contribution >= 4 is 16.6 Å². The number of fused-ring (bicyclic) bond motifs is 1. The van der Waals surface area contributed by atoms with Crippen LogP contribution in [0.15, 0.2) is 43.1 Å². The minimum Gasteiger partial charge on any atom is -0.379 e. The van der Waals surface area contributed by atoms with E-state index in [4.69, 9.17) is 0 Å². The Kier molecular flexibility index (Phi) is 3.30. The number of anilines is 1. The summed E-state index contributed by atoms with van der Waals surface area (Å²) >= 11 is 0. The molecule has 0 aliphatic carbocycles. The highest BCUT2D eigenvalue weighted by Crippen LogP contribution is 2.19. The summed E-state index contributed by atoms with van der Waals surface area (Å²) < 4.78 is 0. The molecule has 2 nitrogen and oxygen atoms in total. The highest BCUT2D eigenvalue weighted by atomic mass is 14.9. The quantitative estimate of drug-likeness (QED) is 0.725. The maximum Gasteiger partial charge on any atom is 0.0455 e. The predicted molar refractivity (Wildman–Crippen MR) is 70.8 cm³/mol. The van der Waals surface area contributed by atoms with Crippen LogP contribution in [0.2, 0.25) is 0 Å². The number of aromatic nitrogens is 1. The van der Waals surface area contributed by atoms with Gasteiger partial charge in [-0.05, 0) is 30.7 Å². The minimum atomic E-state index is 0.362. The van der Waals surface area contributed by atoms with Gasteiger partial charge in [-0.25, -0.2) is 0 Å². The van der Waals surface area contributed by atoms with Crippen LogP contribution in [0, 0.1) is 0 Å². The van der Waals surface area contributed by atoms with Gasteiger partial charge in [0.05, 0.1) is 0 Å². The van der Waals surface area contributed by atoms with Gasteiger partial charge in [-0.2, -0.15) is 0 Å². The number of H-pyrrole nitrogens is 1. The summed E-state index contributed by atoms with van der Waals surface area (Å²) in [5.74, 6) is 0. The van der Waals surface area contributed by atoms with Gasteiger partial charge in [-0.15, -0.1) is 6.58 Å². The second-order valence-electron chi connectivity index (χ2n) is 4.05. The standard InChI is InChI=1S/C14H18N2/c1-3-5-12(4-2)16-13-6-7-14-11(10-13)8-9-15-14/h4,6-10,12,15-16H,2-3,5H2,1H3/t12-/m0/s1. The zero-order valence-electron chi connectivity index (χ0n) is 9.66. The molecule has 0 amide bonds. The smallest absolute Gasteiger partial charge is 0.0455 e. The van der Waals surface area contributed by atoms with Crippen molar-refractivity contribution in [3.05, 3.63) is 43.1 Å². The Morgan fingerprint density at radius 2 is 2.31 bits per heavy atom. The summed E-state index contributed by atoms with van der Waals surface area (Å²) in [6, 6.07) is 8.82. The van der Waals surface area contributed by atoms with Crippen LogP contribution in [0.3, 0.4) is 0 Å². The zero-order chi connectivity index (χ0) is 11.4. The van der Waals surface area contributed by atoms with Crippen molar-refractivity contribution in [1.29, 1.82) is 0 Å². The summed E-state index contributed by atoms with van der Waals surface area (Å²) in [6.45, 7) is 6.05. The lowest BCUT2D eigenvalue weighted by molar-refractivity contribution is 0.741. The van der Waals surface area contributed by atoms with Gasteiger partial charge in [0.2, 0.25) is 0 Å². The average molecular weight is 214 g/mol. The molecule has 0 bridgehead atoms. The third kappa shape index (κ3) is 2.27. The molecule has 0 aliphatic rings. The Bertz CT molecular complexity index is 470. The van der Waals surface area contributed by atoms with Crippen molar-refractivity contribution in [3.8, 4) is 0 Å². The molecule has 1 aromatic carbocycles. The van der Waals surface area contributed by atoms with Gasteiger partial charge in [0.15, 0.2) is 0 Å². The van der Waals surface area contributed by atoms with E-state index in [-0.39, 0.29) is 0 Å². The molecule has 1 aromatic heterocycles. The minimum absolute atomic E-state index is 0.362. The van der Waals surface area contributed by atoms with Crippen LogP contribution in [-0.2, 0) is 0 Å². The van der Waals surface area contributed by atoms with E-state index in [9.17, 15) is 0 Å². The van der Waals surface area contributed by atoms with Crippen LogP contribution in [0.5, 0.6) is 0 Å². The van der Waals surface area contributed by atoms with E-state index < -0.39 is 0 Å². The summed E-state index contributed by atoms with van der Waals surface area (Å²) in [7, 11) is 0. The molecular weight excluding hydrogens is 196 g/mol. The molecule has 84 valence electrons. The molecule has 2 heteroatoms. The summed E-state index contributed by atoms with van der Waals surface area (Å²) in [4.78, 5) is 3.19. The van der Waals surface area contributed by atoms with Gasteiger partial charge in [-0.3, -0.25) is 0 Å². The highest BCUT2D eigenvalue weighted by Gasteiger charge is 2.03. The van der Waals surface area contributed by atoms with Gasteiger partial charge >= 0.3 is 0 Å². The molecule has 2 N–H and O–H groups in total. The van der Waals surface area contributed by atoms with Crippen LogP contribution in [0.1, 0.15) is 19.8 Å². The molecule has 0 aliphatic heterocycles. The Labute approximate surface area is 96.4 Å². The van der Waals surface area contributed by atoms with Gasteiger partial charge in [0.25, 0.3) is 0 Å². The average Bonchev–Trinajstić information content (AvgIpc) is 2.75. The first-order valence-corrected chi connectivity index (χ1v) is 5.79. The molecule has 0 spiro atoms. The van der Waals surface area contributed by atoms with Crippen molar-refractivity contribution in [3.63, 3.8) is 0 Å². The molecular formula is C14H18N2. The van der Waals surface area contributed by atoms with Crippen LogP contribution in [-0.4, -0.2) is 11.0 Å². The molecule has 1 atom stereocenters. The van der Waals surface area contributed by atoms with Crippen molar-refractivity contribution in [1.82, 2.24) is 4.98 Å². The summed E-state index contributed by atoms with van der Waals surface area (Å²) in [5, 5.41) is 4.72. The fourth-order valence-electron chi connectivity index (χ4n) is 1.92. The van der Waals surface area contributed by atoms with Crippen LogP contribution >= 0.6 is 0 Å². The molecule has 16 heavy (non-hydrogen) atoms. The van der Waals surface area contributed by atoms with Crippen molar-refractivity contribution in [2.45, 2.75) is 25.8 Å².